The summed E-state index contributed by atoms with van der Waals surface area (Å²) < 4.78 is 5.40. The van der Waals surface area contributed by atoms with Gasteiger partial charge < -0.3 is 20.3 Å². The van der Waals surface area contributed by atoms with Crippen molar-refractivity contribution in [1.82, 2.24) is 0 Å². The largest absolute Gasteiger partial charge is 0.370 e. The molecule has 2 aromatic carbocycles. The molecule has 0 bridgehead atoms. The molecular weight excluding hydrogens is 326 g/mol. The van der Waals surface area contributed by atoms with E-state index in [-0.39, 0.29) is 11.9 Å². The van der Waals surface area contributed by atoms with Crippen molar-refractivity contribution in [3.05, 3.63) is 65.7 Å². The van der Waals surface area contributed by atoms with Crippen LogP contribution in [0.4, 0.5) is 5.69 Å². The zero-order chi connectivity index (χ0) is 18.2. The number of benzene rings is 2. The standard InChI is InChI=1S/C21H27N3O2/c1-17(19-5-3-2-4-6-19)22-15-21(25)23-20-9-7-18(8-10-20)16-24-11-13-26-14-12-24/h2-10,17,22H,11-16H2,1H3,(H,23,25)/p+2/t17-/m1/s1. The summed E-state index contributed by atoms with van der Waals surface area (Å²) in [7, 11) is 0. The molecule has 4 N–H and O–H groups in total. The first-order chi connectivity index (χ1) is 12.7. The van der Waals surface area contributed by atoms with E-state index in [0.29, 0.717) is 6.54 Å². The third-order valence-corrected chi connectivity index (χ3v) is 4.87. The lowest BCUT2D eigenvalue weighted by Gasteiger charge is -2.23. The fraction of sp³-hybridized carbons (Fsp3) is 0.381. The van der Waals surface area contributed by atoms with Gasteiger partial charge in [0.2, 0.25) is 0 Å². The molecule has 1 fully saturated rings. The van der Waals surface area contributed by atoms with Crippen LogP contribution in [-0.2, 0) is 16.1 Å². The molecule has 5 heteroatoms. The van der Waals surface area contributed by atoms with E-state index in [0.717, 1.165) is 38.5 Å². The van der Waals surface area contributed by atoms with Crippen LogP contribution >= 0.6 is 0 Å². The summed E-state index contributed by atoms with van der Waals surface area (Å²) in [6, 6.07) is 18.7. The Labute approximate surface area is 155 Å². The van der Waals surface area contributed by atoms with Crippen LogP contribution in [0.15, 0.2) is 54.6 Å². The van der Waals surface area contributed by atoms with E-state index in [1.54, 1.807) is 4.90 Å². The number of quaternary nitrogens is 2. The summed E-state index contributed by atoms with van der Waals surface area (Å²) in [5.41, 5.74) is 3.39. The molecule has 0 unspecified atom stereocenters. The summed E-state index contributed by atoms with van der Waals surface area (Å²) >= 11 is 0. The lowest BCUT2D eigenvalue weighted by molar-refractivity contribution is -0.921. The Balaban J connectivity index is 1.43. The van der Waals surface area contributed by atoms with Crippen LogP contribution in [-0.4, -0.2) is 38.8 Å². The van der Waals surface area contributed by atoms with E-state index in [1.807, 2.05) is 30.3 Å². The van der Waals surface area contributed by atoms with E-state index in [1.165, 1.54) is 11.1 Å². The molecule has 1 saturated heterocycles. The first-order valence-corrected chi connectivity index (χ1v) is 9.39. The minimum Gasteiger partial charge on any atom is -0.370 e. The summed E-state index contributed by atoms with van der Waals surface area (Å²) in [5, 5.41) is 5.04. The van der Waals surface area contributed by atoms with Crippen LogP contribution in [0, 0.1) is 0 Å². The van der Waals surface area contributed by atoms with Gasteiger partial charge in [0, 0.05) is 16.8 Å². The zero-order valence-electron chi connectivity index (χ0n) is 15.4. The van der Waals surface area contributed by atoms with Crippen LogP contribution in [0.2, 0.25) is 0 Å². The van der Waals surface area contributed by atoms with Gasteiger partial charge in [0.15, 0.2) is 6.54 Å². The Bertz CT molecular complexity index is 682. The molecule has 0 aliphatic carbocycles. The van der Waals surface area contributed by atoms with Gasteiger partial charge >= 0.3 is 0 Å². The second kappa shape index (κ2) is 9.48. The molecule has 1 atom stereocenters. The van der Waals surface area contributed by atoms with Crippen LogP contribution in [0.25, 0.3) is 0 Å². The minimum atomic E-state index is 0.0272. The monoisotopic (exact) mass is 355 g/mol. The summed E-state index contributed by atoms with van der Waals surface area (Å²) in [6.45, 7) is 7.37. The van der Waals surface area contributed by atoms with Crippen molar-refractivity contribution in [3.63, 3.8) is 0 Å². The first-order valence-electron chi connectivity index (χ1n) is 9.39. The quantitative estimate of drug-likeness (QED) is 0.672. The normalized spacial score (nSPS) is 16.2. The first kappa shape index (κ1) is 18.6. The molecule has 1 aliphatic heterocycles. The van der Waals surface area contributed by atoms with Gasteiger partial charge in [-0.25, -0.2) is 0 Å². The number of rotatable bonds is 7. The number of morpholine rings is 1. The minimum absolute atomic E-state index is 0.0272. The van der Waals surface area contributed by atoms with Crippen molar-refractivity contribution in [2.75, 3.05) is 38.2 Å². The van der Waals surface area contributed by atoms with Gasteiger partial charge in [0.05, 0.1) is 13.2 Å². The maximum atomic E-state index is 12.2. The zero-order valence-corrected chi connectivity index (χ0v) is 15.4. The predicted octanol–water partition coefficient (Wildman–Crippen LogP) is 0.365. The molecule has 1 amide bonds. The molecule has 26 heavy (non-hydrogen) atoms. The van der Waals surface area contributed by atoms with Crippen molar-refractivity contribution in [2.24, 2.45) is 0 Å². The lowest BCUT2D eigenvalue weighted by Crippen LogP contribution is -3.12. The van der Waals surface area contributed by atoms with Gasteiger partial charge in [-0.05, 0) is 19.1 Å². The van der Waals surface area contributed by atoms with Crippen LogP contribution < -0.4 is 15.5 Å². The Morgan fingerprint density at radius 2 is 1.81 bits per heavy atom. The highest BCUT2D eigenvalue weighted by atomic mass is 16.5. The summed E-state index contributed by atoms with van der Waals surface area (Å²) in [5.74, 6) is 0.0272. The van der Waals surface area contributed by atoms with E-state index >= 15 is 0 Å². The van der Waals surface area contributed by atoms with Gasteiger partial charge in [0.1, 0.15) is 25.7 Å². The van der Waals surface area contributed by atoms with Gasteiger partial charge in [0.25, 0.3) is 5.91 Å². The van der Waals surface area contributed by atoms with Crippen molar-refractivity contribution >= 4 is 11.6 Å². The van der Waals surface area contributed by atoms with E-state index in [4.69, 9.17) is 4.74 Å². The number of hydrogen-bond donors (Lipinski definition) is 3. The molecular formula is C21H29N3O2+2. The topological polar surface area (TPSA) is 59.4 Å². The average molecular weight is 355 g/mol. The SMILES string of the molecule is C[C@@H]([NH2+]CC(=O)Nc1ccc(C[NH+]2CCOCC2)cc1)c1ccccc1. The Hall–Kier alpha value is -2.21. The van der Waals surface area contributed by atoms with Crippen molar-refractivity contribution in [2.45, 2.75) is 19.5 Å². The molecule has 2 aromatic rings. The molecule has 0 radical (unpaired) electrons. The molecule has 0 saturated carbocycles. The highest BCUT2D eigenvalue weighted by Gasteiger charge is 2.14. The van der Waals surface area contributed by atoms with Crippen molar-refractivity contribution < 1.29 is 19.7 Å². The number of ether oxygens (including phenoxy) is 1. The highest BCUT2D eigenvalue weighted by Crippen LogP contribution is 2.09. The van der Waals surface area contributed by atoms with Gasteiger partial charge in [-0.2, -0.15) is 0 Å². The third-order valence-electron chi connectivity index (χ3n) is 4.87. The molecule has 0 spiro atoms. The highest BCUT2D eigenvalue weighted by molar-refractivity contribution is 5.91. The predicted molar refractivity (Wildman–Crippen MR) is 102 cm³/mol. The van der Waals surface area contributed by atoms with Crippen molar-refractivity contribution in [1.29, 1.82) is 0 Å². The molecule has 5 nitrogen and oxygen atoms in total. The van der Waals surface area contributed by atoms with E-state index < -0.39 is 0 Å². The number of nitrogens with two attached hydrogens (primary N) is 1. The maximum Gasteiger partial charge on any atom is 0.279 e. The van der Waals surface area contributed by atoms with Gasteiger partial charge in [-0.3, -0.25) is 4.79 Å². The average Bonchev–Trinajstić information content (AvgIpc) is 2.69. The Morgan fingerprint density at radius 3 is 2.50 bits per heavy atom. The number of carbonyl (C=O) groups excluding carboxylic acids is 1. The van der Waals surface area contributed by atoms with Crippen molar-refractivity contribution in [3.8, 4) is 0 Å². The van der Waals surface area contributed by atoms with Gasteiger partial charge in [-0.15, -0.1) is 0 Å². The second-order valence-corrected chi connectivity index (χ2v) is 6.92. The van der Waals surface area contributed by atoms with Gasteiger partial charge in [-0.1, -0.05) is 42.5 Å². The molecule has 1 heterocycles. The summed E-state index contributed by atoms with van der Waals surface area (Å²) in [6.07, 6.45) is 0. The fourth-order valence-corrected chi connectivity index (χ4v) is 3.22. The third kappa shape index (κ3) is 5.66. The molecule has 3 rings (SSSR count). The summed E-state index contributed by atoms with van der Waals surface area (Å²) in [4.78, 5) is 13.7. The van der Waals surface area contributed by atoms with E-state index in [2.05, 4.69) is 41.8 Å². The smallest absolute Gasteiger partial charge is 0.279 e. The number of hydrogen-bond acceptors (Lipinski definition) is 2. The molecule has 1 aliphatic rings. The number of anilines is 1. The molecule has 138 valence electrons. The Morgan fingerprint density at radius 1 is 1.12 bits per heavy atom. The lowest BCUT2D eigenvalue weighted by atomic mass is 10.1. The van der Waals surface area contributed by atoms with Crippen LogP contribution in [0.1, 0.15) is 24.1 Å². The number of amides is 1. The second-order valence-electron chi connectivity index (χ2n) is 6.92. The van der Waals surface area contributed by atoms with E-state index in [9.17, 15) is 4.79 Å². The van der Waals surface area contributed by atoms with Crippen LogP contribution in [0.5, 0.6) is 0 Å². The number of nitrogens with one attached hydrogen (secondary N) is 2. The maximum absolute atomic E-state index is 12.2. The van der Waals surface area contributed by atoms with Crippen LogP contribution in [0.3, 0.4) is 0 Å². The fourth-order valence-electron chi connectivity index (χ4n) is 3.22. The Kier molecular flexibility index (Phi) is 6.77. The number of carbonyl (C=O) groups is 1. The molecule has 0 aromatic heterocycles.